The highest BCUT2D eigenvalue weighted by Crippen LogP contribution is 2.24. The predicted molar refractivity (Wildman–Crippen MR) is 108 cm³/mol. The zero-order valence-corrected chi connectivity index (χ0v) is 15.8. The molecule has 4 rings (SSSR count). The summed E-state index contributed by atoms with van der Waals surface area (Å²) in [5.41, 5.74) is 1.73. The fourth-order valence-electron chi connectivity index (χ4n) is 2.80. The van der Waals surface area contributed by atoms with Crippen LogP contribution in [-0.2, 0) is 6.54 Å². The first-order chi connectivity index (χ1) is 12.7. The van der Waals surface area contributed by atoms with Gasteiger partial charge < -0.3 is 8.98 Å². The Balaban J connectivity index is 1.84. The van der Waals surface area contributed by atoms with Gasteiger partial charge in [-0.25, -0.2) is 0 Å². The third-order valence-electron chi connectivity index (χ3n) is 4.04. The van der Waals surface area contributed by atoms with Gasteiger partial charge in [0.25, 0.3) is 0 Å². The second-order valence-electron chi connectivity index (χ2n) is 5.68. The highest BCUT2D eigenvalue weighted by atomic mass is 32.2. The van der Waals surface area contributed by atoms with E-state index in [1.165, 1.54) is 16.2 Å². The molecule has 0 fully saturated rings. The van der Waals surface area contributed by atoms with Gasteiger partial charge in [0.15, 0.2) is 10.6 Å². The Kier molecular flexibility index (Phi) is 4.53. The molecule has 26 heavy (non-hydrogen) atoms. The van der Waals surface area contributed by atoms with Crippen molar-refractivity contribution in [1.82, 2.24) is 4.57 Å². The summed E-state index contributed by atoms with van der Waals surface area (Å²) in [5, 5.41) is 0.894. The molecular weight excluding hydrogens is 364 g/mol. The van der Waals surface area contributed by atoms with Crippen molar-refractivity contribution in [2.75, 3.05) is 6.26 Å². The Bertz CT molecular complexity index is 1160. The van der Waals surface area contributed by atoms with E-state index in [-0.39, 0.29) is 11.7 Å². The third kappa shape index (κ3) is 3.02. The van der Waals surface area contributed by atoms with Crippen molar-refractivity contribution < 1.29 is 9.21 Å². The molecule has 0 saturated carbocycles. The number of thiazole rings is 1. The maximum atomic E-state index is 12.6. The Morgan fingerprint density at radius 3 is 2.92 bits per heavy atom. The van der Waals surface area contributed by atoms with Crippen LogP contribution < -0.4 is 4.80 Å². The lowest BCUT2D eigenvalue weighted by Gasteiger charge is -2.01. The number of aromatic nitrogens is 1. The maximum Gasteiger partial charge on any atom is 0.315 e. The van der Waals surface area contributed by atoms with E-state index in [0.29, 0.717) is 16.9 Å². The second kappa shape index (κ2) is 6.97. The topological polar surface area (TPSA) is 47.5 Å². The number of hydrogen-bond acceptors (Lipinski definition) is 4. The fourth-order valence-corrected chi connectivity index (χ4v) is 4.39. The lowest BCUT2D eigenvalue weighted by molar-refractivity contribution is 0.0973. The zero-order chi connectivity index (χ0) is 18.1. The van der Waals surface area contributed by atoms with Crippen LogP contribution >= 0.6 is 23.1 Å². The van der Waals surface area contributed by atoms with E-state index in [9.17, 15) is 4.79 Å². The molecule has 0 aliphatic rings. The normalized spacial score (nSPS) is 12.1. The van der Waals surface area contributed by atoms with Gasteiger partial charge in [0, 0.05) is 16.8 Å². The van der Waals surface area contributed by atoms with Gasteiger partial charge in [-0.3, -0.25) is 4.79 Å². The molecule has 2 heterocycles. The number of amides is 1. The number of carbonyl (C=O) groups excluding carboxylic acids is 1. The lowest BCUT2D eigenvalue weighted by Crippen LogP contribution is -2.16. The highest BCUT2D eigenvalue weighted by molar-refractivity contribution is 7.98. The van der Waals surface area contributed by atoms with E-state index in [2.05, 4.69) is 29.8 Å². The van der Waals surface area contributed by atoms with Crippen LogP contribution in [0.5, 0.6) is 0 Å². The Labute approximate surface area is 158 Å². The Morgan fingerprint density at radius 1 is 1.31 bits per heavy atom. The van der Waals surface area contributed by atoms with Gasteiger partial charge in [-0.15, -0.1) is 18.3 Å². The molecule has 0 aliphatic heterocycles. The number of benzene rings is 2. The average Bonchev–Trinajstić information content (AvgIpc) is 3.23. The molecule has 2 aromatic heterocycles. The molecule has 0 aliphatic carbocycles. The van der Waals surface area contributed by atoms with Crippen LogP contribution in [0, 0.1) is 0 Å². The summed E-state index contributed by atoms with van der Waals surface area (Å²) in [6.45, 7) is 4.41. The van der Waals surface area contributed by atoms with Crippen LogP contribution in [0.3, 0.4) is 0 Å². The lowest BCUT2D eigenvalue weighted by atomic mass is 10.2. The van der Waals surface area contributed by atoms with Crippen molar-refractivity contribution >= 4 is 50.2 Å². The number of hydrogen-bond donors (Lipinski definition) is 0. The van der Waals surface area contributed by atoms with E-state index in [1.807, 2.05) is 35.1 Å². The number of nitrogens with zero attached hydrogens (tertiary/aromatic N) is 2. The number of fused-ring (bicyclic) bond motifs is 2. The first-order valence-electron chi connectivity index (χ1n) is 8.05. The van der Waals surface area contributed by atoms with Crippen LogP contribution in [0.2, 0.25) is 0 Å². The van der Waals surface area contributed by atoms with Crippen molar-refractivity contribution in [3.05, 3.63) is 71.7 Å². The minimum Gasteiger partial charge on any atom is -0.451 e. The largest absolute Gasteiger partial charge is 0.451 e. The van der Waals surface area contributed by atoms with Gasteiger partial charge in [-0.1, -0.05) is 35.6 Å². The summed E-state index contributed by atoms with van der Waals surface area (Å²) in [7, 11) is 0. The van der Waals surface area contributed by atoms with Gasteiger partial charge in [0.05, 0.1) is 10.2 Å². The summed E-state index contributed by atoms with van der Waals surface area (Å²) in [5.74, 6) is -0.130. The third-order valence-corrected chi connectivity index (χ3v) is 5.80. The number of thioether (sulfide) groups is 1. The summed E-state index contributed by atoms with van der Waals surface area (Å²) in [4.78, 5) is 18.8. The Hall–Kier alpha value is -2.57. The number of furan rings is 1. The number of rotatable bonds is 4. The van der Waals surface area contributed by atoms with Gasteiger partial charge in [-0.05, 0) is 36.6 Å². The van der Waals surface area contributed by atoms with E-state index in [4.69, 9.17) is 4.42 Å². The molecule has 6 heteroatoms. The highest BCUT2D eigenvalue weighted by Gasteiger charge is 2.13. The minimum absolute atomic E-state index is 0.249. The van der Waals surface area contributed by atoms with E-state index in [1.54, 1.807) is 23.9 Å². The second-order valence-corrected chi connectivity index (χ2v) is 7.57. The predicted octanol–water partition coefficient (Wildman–Crippen LogP) is 5.10. The van der Waals surface area contributed by atoms with Crippen molar-refractivity contribution in [1.29, 1.82) is 0 Å². The van der Waals surface area contributed by atoms with E-state index in [0.717, 1.165) is 15.6 Å². The summed E-state index contributed by atoms with van der Waals surface area (Å²) in [6, 6.07) is 15.5. The first kappa shape index (κ1) is 16.9. The number of carbonyl (C=O) groups is 1. The van der Waals surface area contributed by atoms with Crippen LogP contribution in [-0.4, -0.2) is 16.7 Å². The number of para-hydroxylation sites is 1. The van der Waals surface area contributed by atoms with E-state index < -0.39 is 0 Å². The average molecular weight is 380 g/mol. The van der Waals surface area contributed by atoms with Crippen molar-refractivity contribution in [2.24, 2.45) is 4.99 Å². The van der Waals surface area contributed by atoms with Gasteiger partial charge in [-0.2, -0.15) is 4.99 Å². The van der Waals surface area contributed by atoms with Crippen LogP contribution in [0.4, 0.5) is 0 Å². The van der Waals surface area contributed by atoms with Crippen LogP contribution in [0.25, 0.3) is 21.2 Å². The number of allylic oxidation sites excluding steroid dienone is 1. The maximum absolute atomic E-state index is 12.6. The molecule has 0 unspecified atom stereocenters. The first-order valence-corrected chi connectivity index (χ1v) is 10.1. The molecule has 0 bridgehead atoms. The van der Waals surface area contributed by atoms with Crippen molar-refractivity contribution in [2.45, 2.75) is 11.4 Å². The molecule has 0 N–H and O–H groups in total. The summed E-state index contributed by atoms with van der Waals surface area (Å²) < 4.78 is 8.73. The molecule has 4 nitrogen and oxygen atoms in total. The quantitative estimate of drug-likeness (QED) is 0.366. The van der Waals surface area contributed by atoms with E-state index >= 15 is 0 Å². The van der Waals surface area contributed by atoms with Gasteiger partial charge >= 0.3 is 5.91 Å². The van der Waals surface area contributed by atoms with Crippen LogP contribution in [0.1, 0.15) is 10.6 Å². The fraction of sp³-hybridized carbons (Fsp3) is 0.100. The Morgan fingerprint density at radius 2 is 2.15 bits per heavy atom. The van der Waals surface area contributed by atoms with Crippen molar-refractivity contribution in [3.63, 3.8) is 0 Å². The molecule has 1 amide bonds. The monoisotopic (exact) mass is 380 g/mol. The molecule has 4 aromatic rings. The molecule has 0 radical (unpaired) electrons. The minimum atomic E-state index is -0.379. The standard InChI is InChI=1S/C20H16N2O2S2/c1-3-10-22-15-9-8-14(25-2)12-18(15)26-20(22)21-19(23)17-11-13-6-4-5-7-16(13)24-17/h3-9,11-12H,1,10H2,2H3. The van der Waals surface area contributed by atoms with Crippen LogP contribution in [0.15, 0.2) is 75.5 Å². The molecule has 130 valence electrons. The summed E-state index contributed by atoms with van der Waals surface area (Å²) in [6.07, 6.45) is 3.85. The van der Waals surface area contributed by atoms with Gasteiger partial charge in [0.1, 0.15) is 5.58 Å². The molecular formula is C20H16N2O2S2. The van der Waals surface area contributed by atoms with Crippen molar-refractivity contribution in [3.8, 4) is 0 Å². The molecule has 0 atom stereocenters. The SMILES string of the molecule is C=CCn1c(=NC(=O)c2cc3ccccc3o2)sc2cc(SC)ccc21. The zero-order valence-electron chi connectivity index (χ0n) is 14.1. The molecule has 0 saturated heterocycles. The smallest absolute Gasteiger partial charge is 0.315 e. The van der Waals surface area contributed by atoms with Gasteiger partial charge in [0.2, 0.25) is 0 Å². The molecule has 2 aromatic carbocycles. The summed E-state index contributed by atoms with van der Waals surface area (Å²) >= 11 is 3.19. The molecule has 0 spiro atoms.